The molecule has 1 aliphatic rings. The van der Waals surface area contributed by atoms with E-state index >= 15 is 0 Å². The predicted octanol–water partition coefficient (Wildman–Crippen LogP) is 3.40. The smallest absolute Gasteiger partial charge is 0.254 e. The van der Waals surface area contributed by atoms with Crippen LogP contribution in [0.2, 0.25) is 0 Å². The topological polar surface area (TPSA) is 71.1 Å². The number of rotatable bonds is 10. The highest BCUT2D eigenvalue weighted by Gasteiger charge is 2.28. The molecule has 7 heteroatoms. The fourth-order valence-corrected chi connectivity index (χ4v) is 3.51. The number of amides is 2. The van der Waals surface area contributed by atoms with Crippen molar-refractivity contribution in [3.05, 3.63) is 53.6 Å². The zero-order valence-electron chi connectivity index (χ0n) is 18.7. The molecule has 2 amide bonds. The van der Waals surface area contributed by atoms with E-state index in [2.05, 4.69) is 5.32 Å². The number of hydrogen-bond acceptors (Lipinski definition) is 5. The molecule has 0 unspecified atom stereocenters. The van der Waals surface area contributed by atoms with Crippen LogP contribution in [0, 0.1) is 5.92 Å². The van der Waals surface area contributed by atoms with Crippen molar-refractivity contribution in [1.82, 2.24) is 4.90 Å². The molecule has 0 heterocycles. The Labute approximate surface area is 183 Å². The summed E-state index contributed by atoms with van der Waals surface area (Å²) in [5.74, 6) is 1.05. The number of ether oxygens (including phenoxy) is 2. The van der Waals surface area contributed by atoms with Crippen LogP contribution in [0.15, 0.2) is 42.5 Å². The Hall–Kier alpha value is -3.06. The SMILES string of the molecule is COCC(=O)Nc1ccc(N(C)C)c(CN(CC2CC2)C(=O)c2ccc(OC)cc2)c1. The van der Waals surface area contributed by atoms with Gasteiger partial charge < -0.3 is 24.6 Å². The van der Waals surface area contributed by atoms with Gasteiger partial charge in [-0.3, -0.25) is 9.59 Å². The van der Waals surface area contributed by atoms with Crippen LogP contribution >= 0.6 is 0 Å². The average Bonchev–Trinajstić information content (AvgIpc) is 3.57. The van der Waals surface area contributed by atoms with E-state index < -0.39 is 0 Å². The van der Waals surface area contributed by atoms with E-state index in [1.54, 1.807) is 31.4 Å². The number of anilines is 2. The minimum Gasteiger partial charge on any atom is -0.497 e. The highest BCUT2D eigenvalue weighted by Crippen LogP contribution is 2.32. The number of benzene rings is 2. The third-order valence-corrected chi connectivity index (χ3v) is 5.28. The van der Waals surface area contributed by atoms with Gasteiger partial charge in [-0.05, 0) is 66.8 Å². The van der Waals surface area contributed by atoms with Crippen molar-refractivity contribution in [1.29, 1.82) is 0 Å². The summed E-state index contributed by atoms with van der Waals surface area (Å²) in [6, 6.07) is 13.0. The van der Waals surface area contributed by atoms with E-state index in [1.807, 2.05) is 42.1 Å². The maximum absolute atomic E-state index is 13.3. The summed E-state index contributed by atoms with van der Waals surface area (Å²) in [5, 5.41) is 2.85. The largest absolute Gasteiger partial charge is 0.497 e. The molecule has 0 spiro atoms. The number of nitrogens with one attached hydrogen (secondary N) is 1. The Morgan fingerprint density at radius 1 is 1.06 bits per heavy atom. The Morgan fingerprint density at radius 3 is 2.35 bits per heavy atom. The highest BCUT2D eigenvalue weighted by atomic mass is 16.5. The summed E-state index contributed by atoms with van der Waals surface area (Å²) in [6.45, 7) is 1.18. The lowest BCUT2D eigenvalue weighted by atomic mass is 10.1. The van der Waals surface area contributed by atoms with E-state index in [9.17, 15) is 9.59 Å². The molecule has 0 aromatic heterocycles. The van der Waals surface area contributed by atoms with Crippen LogP contribution in [0.4, 0.5) is 11.4 Å². The molecule has 0 bridgehead atoms. The van der Waals surface area contributed by atoms with Gasteiger partial charge in [0.1, 0.15) is 12.4 Å². The van der Waals surface area contributed by atoms with Crippen LogP contribution in [-0.4, -0.2) is 58.2 Å². The highest BCUT2D eigenvalue weighted by molar-refractivity contribution is 5.94. The standard InChI is InChI=1S/C24H31N3O4/c1-26(2)22-12-9-20(25-23(28)16-30-3)13-19(22)15-27(14-17-5-6-17)24(29)18-7-10-21(31-4)11-8-18/h7-13,17H,5-6,14-16H2,1-4H3,(H,25,28). The maximum atomic E-state index is 13.3. The number of carbonyl (C=O) groups excluding carboxylic acids is 2. The van der Waals surface area contributed by atoms with Crippen molar-refractivity contribution < 1.29 is 19.1 Å². The lowest BCUT2D eigenvalue weighted by Crippen LogP contribution is -2.33. The van der Waals surface area contributed by atoms with Gasteiger partial charge in [0.15, 0.2) is 0 Å². The first-order valence-electron chi connectivity index (χ1n) is 10.4. The Morgan fingerprint density at radius 2 is 1.77 bits per heavy atom. The molecule has 2 aromatic rings. The summed E-state index contributed by atoms with van der Waals surface area (Å²) < 4.78 is 10.1. The van der Waals surface area contributed by atoms with Crippen molar-refractivity contribution in [2.24, 2.45) is 5.92 Å². The first-order chi connectivity index (χ1) is 14.9. The second-order valence-corrected chi connectivity index (χ2v) is 8.08. The molecule has 1 N–H and O–H groups in total. The molecule has 7 nitrogen and oxygen atoms in total. The molecule has 0 saturated heterocycles. The summed E-state index contributed by atoms with van der Waals surface area (Å²) in [6.07, 6.45) is 2.31. The zero-order chi connectivity index (χ0) is 22.4. The summed E-state index contributed by atoms with van der Waals surface area (Å²) >= 11 is 0. The second-order valence-electron chi connectivity index (χ2n) is 8.08. The maximum Gasteiger partial charge on any atom is 0.254 e. The molecule has 3 rings (SSSR count). The monoisotopic (exact) mass is 425 g/mol. The summed E-state index contributed by atoms with van der Waals surface area (Å²) in [7, 11) is 7.04. The van der Waals surface area contributed by atoms with Gasteiger partial charge in [-0.2, -0.15) is 0 Å². The number of carbonyl (C=O) groups is 2. The molecule has 2 aromatic carbocycles. The van der Waals surface area contributed by atoms with Crippen LogP contribution < -0.4 is 15.0 Å². The van der Waals surface area contributed by atoms with Crippen LogP contribution in [0.1, 0.15) is 28.8 Å². The van der Waals surface area contributed by atoms with E-state index in [-0.39, 0.29) is 18.4 Å². The Balaban J connectivity index is 1.86. The summed E-state index contributed by atoms with van der Waals surface area (Å²) in [4.78, 5) is 29.2. The quantitative estimate of drug-likeness (QED) is 0.632. The van der Waals surface area contributed by atoms with E-state index in [4.69, 9.17) is 9.47 Å². The molecular formula is C24H31N3O4. The first-order valence-corrected chi connectivity index (χ1v) is 10.4. The van der Waals surface area contributed by atoms with Gasteiger partial charge in [0, 0.05) is 51.2 Å². The fourth-order valence-electron chi connectivity index (χ4n) is 3.51. The van der Waals surface area contributed by atoms with Crippen molar-refractivity contribution >= 4 is 23.2 Å². The van der Waals surface area contributed by atoms with Crippen LogP contribution in [0.5, 0.6) is 5.75 Å². The lowest BCUT2D eigenvalue weighted by molar-refractivity contribution is -0.119. The van der Waals surface area contributed by atoms with Crippen LogP contribution in [0.3, 0.4) is 0 Å². The van der Waals surface area contributed by atoms with Crippen molar-refractivity contribution in [2.75, 3.05) is 51.7 Å². The van der Waals surface area contributed by atoms with E-state index in [0.717, 1.165) is 36.4 Å². The minimum atomic E-state index is -0.213. The van der Waals surface area contributed by atoms with Gasteiger partial charge in [-0.25, -0.2) is 0 Å². The molecule has 0 radical (unpaired) electrons. The molecule has 1 fully saturated rings. The first kappa shape index (κ1) is 22.6. The Kier molecular flexibility index (Phi) is 7.52. The molecule has 0 aliphatic heterocycles. The van der Waals surface area contributed by atoms with Crippen LogP contribution in [0.25, 0.3) is 0 Å². The van der Waals surface area contributed by atoms with Crippen LogP contribution in [-0.2, 0) is 16.1 Å². The lowest BCUT2D eigenvalue weighted by Gasteiger charge is -2.26. The molecule has 0 atom stereocenters. The third kappa shape index (κ3) is 6.21. The van der Waals surface area contributed by atoms with Crippen molar-refractivity contribution in [3.63, 3.8) is 0 Å². The second kappa shape index (κ2) is 10.3. The fraction of sp³-hybridized carbons (Fsp3) is 0.417. The van der Waals surface area contributed by atoms with E-state index in [1.165, 1.54) is 7.11 Å². The molecule has 166 valence electrons. The average molecular weight is 426 g/mol. The van der Waals surface area contributed by atoms with Crippen molar-refractivity contribution in [3.8, 4) is 5.75 Å². The van der Waals surface area contributed by atoms with Gasteiger partial charge in [0.05, 0.1) is 7.11 Å². The molecule has 31 heavy (non-hydrogen) atoms. The molecule has 1 saturated carbocycles. The van der Waals surface area contributed by atoms with E-state index in [0.29, 0.717) is 23.7 Å². The normalized spacial score (nSPS) is 12.9. The number of nitrogens with zero attached hydrogens (tertiary/aromatic N) is 2. The number of methoxy groups -OCH3 is 2. The molecule has 1 aliphatic carbocycles. The number of hydrogen-bond donors (Lipinski definition) is 1. The zero-order valence-corrected chi connectivity index (χ0v) is 18.7. The van der Waals surface area contributed by atoms with Gasteiger partial charge in [-0.15, -0.1) is 0 Å². The van der Waals surface area contributed by atoms with Gasteiger partial charge in [0.2, 0.25) is 5.91 Å². The third-order valence-electron chi connectivity index (χ3n) is 5.28. The molecular weight excluding hydrogens is 394 g/mol. The van der Waals surface area contributed by atoms with Crippen molar-refractivity contribution in [2.45, 2.75) is 19.4 Å². The Bertz CT molecular complexity index is 908. The predicted molar refractivity (Wildman–Crippen MR) is 122 cm³/mol. The van der Waals surface area contributed by atoms with Gasteiger partial charge in [0.25, 0.3) is 5.91 Å². The summed E-state index contributed by atoms with van der Waals surface area (Å²) in [5.41, 5.74) is 3.30. The van der Waals surface area contributed by atoms with Gasteiger partial charge >= 0.3 is 0 Å². The minimum absolute atomic E-state index is 0.00543. The van der Waals surface area contributed by atoms with Gasteiger partial charge in [-0.1, -0.05) is 0 Å².